The molecule has 2 aromatic rings. The quantitative estimate of drug-likeness (QED) is 0.713. The molecule has 0 heterocycles. The van der Waals surface area contributed by atoms with E-state index in [9.17, 15) is 4.79 Å². The summed E-state index contributed by atoms with van der Waals surface area (Å²) >= 11 is 5.97. The second-order valence-corrected chi connectivity index (χ2v) is 5.98. The lowest BCUT2D eigenvalue weighted by Crippen LogP contribution is -2.24. The van der Waals surface area contributed by atoms with Crippen molar-refractivity contribution in [3.63, 3.8) is 0 Å². The Hall–Kier alpha value is -1.84. The number of hydrogen-bond donors (Lipinski definition) is 2. The molecule has 0 unspecified atom stereocenters. The molecule has 0 atom stereocenters. The Labute approximate surface area is 143 Å². The van der Waals surface area contributed by atoms with E-state index in [0.717, 1.165) is 48.6 Å². The van der Waals surface area contributed by atoms with Gasteiger partial charge in [0.2, 0.25) is 0 Å². The van der Waals surface area contributed by atoms with Crippen LogP contribution in [0.5, 0.6) is 0 Å². The summed E-state index contributed by atoms with van der Waals surface area (Å²) in [7, 11) is 0. The van der Waals surface area contributed by atoms with Crippen molar-refractivity contribution in [3.05, 3.63) is 70.2 Å². The summed E-state index contributed by atoms with van der Waals surface area (Å²) in [4.78, 5) is 11.9. The Morgan fingerprint density at radius 3 is 2.48 bits per heavy atom. The van der Waals surface area contributed by atoms with Crippen LogP contribution in [0.4, 0.5) is 0 Å². The first-order valence-electron chi connectivity index (χ1n) is 8.01. The van der Waals surface area contributed by atoms with Crippen molar-refractivity contribution in [1.82, 2.24) is 10.6 Å². The maximum Gasteiger partial charge on any atom is 0.251 e. The van der Waals surface area contributed by atoms with Crippen LogP contribution in [0.15, 0.2) is 48.5 Å². The number of hydrogen-bond acceptors (Lipinski definition) is 2. The highest BCUT2D eigenvalue weighted by Gasteiger charge is 2.04. The Kier molecular flexibility index (Phi) is 7.11. The van der Waals surface area contributed by atoms with Gasteiger partial charge in [0.25, 0.3) is 5.91 Å². The van der Waals surface area contributed by atoms with Crippen LogP contribution < -0.4 is 10.6 Å². The second-order valence-electron chi connectivity index (χ2n) is 5.54. The molecule has 122 valence electrons. The average Bonchev–Trinajstić information content (AvgIpc) is 2.56. The number of halogens is 1. The van der Waals surface area contributed by atoms with E-state index in [2.05, 4.69) is 17.6 Å². The first-order valence-corrected chi connectivity index (χ1v) is 8.39. The maximum absolute atomic E-state index is 11.9. The van der Waals surface area contributed by atoms with E-state index in [1.54, 1.807) is 0 Å². The molecule has 0 radical (unpaired) electrons. The minimum Gasteiger partial charge on any atom is -0.352 e. The minimum atomic E-state index is -0.00288. The van der Waals surface area contributed by atoms with Crippen molar-refractivity contribution in [2.24, 2.45) is 0 Å². The van der Waals surface area contributed by atoms with Gasteiger partial charge in [0.05, 0.1) is 0 Å². The molecule has 0 aromatic heterocycles. The molecule has 2 rings (SSSR count). The maximum atomic E-state index is 11.9. The highest BCUT2D eigenvalue weighted by molar-refractivity contribution is 6.30. The summed E-state index contributed by atoms with van der Waals surface area (Å²) in [5.41, 5.74) is 3.02. The molecule has 0 saturated heterocycles. The predicted octanol–water partition coefficient (Wildman–Crippen LogP) is 4.16. The monoisotopic (exact) mass is 330 g/mol. The van der Waals surface area contributed by atoms with Gasteiger partial charge >= 0.3 is 0 Å². The fourth-order valence-corrected chi connectivity index (χ4v) is 2.47. The summed E-state index contributed by atoms with van der Waals surface area (Å²) in [5, 5.41) is 7.05. The molecule has 0 aliphatic heterocycles. The molecule has 0 bridgehead atoms. The number of carbonyl (C=O) groups is 1. The van der Waals surface area contributed by atoms with E-state index < -0.39 is 0 Å². The fourth-order valence-electron chi connectivity index (χ4n) is 2.25. The molecular weight excluding hydrogens is 308 g/mol. The third kappa shape index (κ3) is 6.05. The zero-order valence-corrected chi connectivity index (χ0v) is 14.2. The van der Waals surface area contributed by atoms with Crippen LogP contribution in [0, 0.1) is 0 Å². The highest BCUT2D eigenvalue weighted by atomic mass is 35.5. The first-order chi connectivity index (χ1) is 11.2. The third-order valence-corrected chi connectivity index (χ3v) is 3.81. The molecular formula is C19H23ClN2O. The van der Waals surface area contributed by atoms with E-state index >= 15 is 0 Å². The van der Waals surface area contributed by atoms with Crippen LogP contribution in [0.2, 0.25) is 5.02 Å². The lowest BCUT2D eigenvalue weighted by Gasteiger charge is -2.07. The zero-order valence-electron chi connectivity index (χ0n) is 13.4. The number of benzene rings is 2. The normalized spacial score (nSPS) is 10.5. The Bertz CT molecular complexity index is 626. The summed E-state index contributed by atoms with van der Waals surface area (Å²) in [6.07, 6.45) is 2.09. The first kappa shape index (κ1) is 17.5. The molecule has 4 heteroatoms. The van der Waals surface area contributed by atoms with Gasteiger partial charge in [-0.2, -0.15) is 0 Å². The largest absolute Gasteiger partial charge is 0.352 e. The van der Waals surface area contributed by atoms with Gasteiger partial charge in [0.15, 0.2) is 0 Å². The molecule has 0 spiro atoms. The molecule has 2 aromatic carbocycles. The van der Waals surface area contributed by atoms with Gasteiger partial charge in [0, 0.05) is 30.2 Å². The highest BCUT2D eigenvalue weighted by Crippen LogP contribution is 2.11. The number of carbonyl (C=O) groups excluding carboxylic acids is 1. The summed E-state index contributed by atoms with van der Waals surface area (Å²) < 4.78 is 0. The van der Waals surface area contributed by atoms with Gasteiger partial charge < -0.3 is 10.6 Å². The van der Waals surface area contributed by atoms with E-state index in [-0.39, 0.29) is 5.91 Å². The third-order valence-electron chi connectivity index (χ3n) is 3.58. The van der Waals surface area contributed by atoms with Crippen LogP contribution >= 0.6 is 11.6 Å². The Morgan fingerprint density at radius 2 is 1.78 bits per heavy atom. The fraction of sp³-hybridized carbons (Fsp3) is 0.316. The van der Waals surface area contributed by atoms with Gasteiger partial charge in [0.1, 0.15) is 0 Å². The smallest absolute Gasteiger partial charge is 0.251 e. The van der Waals surface area contributed by atoms with Crippen LogP contribution in [-0.4, -0.2) is 12.5 Å². The van der Waals surface area contributed by atoms with Crippen LogP contribution in [-0.2, 0) is 13.1 Å². The molecule has 0 aliphatic rings. The zero-order chi connectivity index (χ0) is 16.5. The Morgan fingerprint density at radius 1 is 1.04 bits per heavy atom. The van der Waals surface area contributed by atoms with E-state index in [0.29, 0.717) is 5.56 Å². The van der Waals surface area contributed by atoms with Gasteiger partial charge in [-0.25, -0.2) is 0 Å². The van der Waals surface area contributed by atoms with Crippen molar-refractivity contribution >= 4 is 17.5 Å². The molecule has 2 N–H and O–H groups in total. The van der Waals surface area contributed by atoms with Crippen molar-refractivity contribution in [1.29, 1.82) is 0 Å². The summed E-state index contributed by atoms with van der Waals surface area (Å²) in [6, 6.07) is 15.5. The van der Waals surface area contributed by atoms with E-state index in [1.165, 1.54) is 0 Å². The standard InChI is InChI=1S/C19H23ClN2O/c1-2-3-11-22-19(23)17-9-7-15(8-10-17)13-21-14-16-5-4-6-18(20)12-16/h4-10,12,21H,2-3,11,13-14H2,1H3,(H,22,23). The SMILES string of the molecule is CCCCNC(=O)c1ccc(CNCc2cccc(Cl)c2)cc1. The van der Waals surface area contributed by atoms with Gasteiger partial charge in [-0.3, -0.25) is 4.79 Å². The Balaban J connectivity index is 1.79. The molecule has 0 fully saturated rings. The molecule has 0 aliphatic carbocycles. The van der Waals surface area contributed by atoms with Crippen LogP contribution in [0.1, 0.15) is 41.3 Å². The second kappa shape index (κ2) is 9.33. The van der Waals surface area contributed by atoms with Crippen LogP contribution in [0.3, 0.4) is 0 Å². The number of nitrogens with one attached hydrogen (secondary N) is 2. The molecule has 0 saturated carbocycles. The summed E-state index contributed by atoms with van der Waals surface area (Å²) in [5.74, 6) is -0.00288. The van der Waals surface area contributed by atoms with E-state index in [4.69, 9.17) is 11.6 Å². The lowest BCUT2D eigenvalue weighted by atomic mass is 10.1. The molecule has 1 amide bonds. The lowest BCUT2D eigenvalue weighted by molar-refractivity contribution is 0.0953. The average molecular weight is 331 g/mol. The predicted molar refractivity (Wildman–Crippen MR) is 95.7 cm³/mol. The minimum absolute atomic E-state index is 0.00288. The van der Waals surface area contributed by atoms with Crippen molar-refractivity contribution in [2.45, 2.75) is 32.9 Å². The van der Waals surface area contributed by atoms with Crippen molar-refractivity contribution in [3.8, 4) is 0 Å². The van der Waals surface area contributed by atoms with Gasteiger partial charge in [-0.1, -0.05) is 49.2 Å². The number of rotatable bonds is 8. The summed E-state index contributed by atoms with van der Waals surface area (Å²) in [6.45, 7) is 4.36. The van der Waals surface area contributed by atoms with E-state index in [1.807, 2.05) is 48.5 Å². The van der Waals surface area contributed by atoms with Crippen molar-refractivity contribution < 1.29 is 4.79 Å². The van der Waals surface area contributed by atoms with Gasteiger partial charge in [-0.05, 0) is 41.8 Å². The van der Waals surface area contributed by atoms with Gasteiger partial charge in [-0.15, -0.1) is 0 Å². The molecule has 23 heavy (non-hydrogen) atoms. The topological polar surface area (TPSA) is 41.1 Å². The van der Waals surface area contributed by atoms with Crippen LogP contribution in [0.25, 0.3) is 0 Å². The number of amides is 1. The number of unbranched alkanes of at least 4 members (excludes halogenated alkanes) is 1. The molecule has 3 nitrogen and oxygen atoms in total. The van der Waals surface area contributed by atoms with Crippen molar-refractivity contribution in [2.75, 3.05) is 6.54 Å².